The Morgan fingerprint density at radius 1 is 1.09 bits per heavy atom. The molecule has 0 saturated heterocycles. The Kier molecular flexibility index (Phi) is 9.89. The molecule has 5 aromatic rings. The highest BCUT2D eigenvalue weighted by molar-refractivity contribution is 7.16. The maximum atomic E-state index is 13.2. The van der Waals surface area contributed by atoms with Gasteiger partial charge in [0.2, 0.25) is 23.5 Å². The lowest BCUT2D eigenvalue weighted by atomic mass is 10.1. The summed E-state index contributed by atoms with van der Waals surface area (Å²) in [6.07, 6.45) is 7.32. The first kappa shape index (κ1) is 32.7. The average molecular weight is 660 g/mol. The van der Waals surface area contributed by atoms with Crippen LogP contribution in [0.1, 0.15) is 62.6 Å². The first-order valence-corrected chi connectivity index (χ1v) is 15.5. The van der Waals surface area contributed by atoms with Gasteiger partial charge >= 0.3 is 5.91 Å². The molecule has 5 rings (SSSR count). The molecule has 0 fully saturated rings. The number of primary amides is 2. The molecule has 244 valence electrons. The minimum absolute atomic E-state index is 0.0746. The third-order valence-corrected chi connectivity index (χ3v) is 8.13. The first-order chi connectivity index (χ1) is 22.6. The van der Waals surface area contributed by atoms with Crippen molar-refractivity contribution in [1.82, 2.24) is 24.1 Å². The summed E-state index contributed by atoms with van der Waals surface area (Å²) in [7, 11) is 1.73. The molecule has 3 amide bonds. The number of unbranched alkanes of at least 4 members (excludes halogenated alkanes) is 1. The summed E-state index contributed by atoms with van der Waals surface area (Å²) in [4.78, 5) is 65.8. The lowest BCUT2D eigenvalue weighted by Crippen LogP contribution is -2.17. The summed E-state index contributed by atoms with van der Waals surface area (Å²) in [5.41, 5.74) is 13.7. The molecule has 0 aliphatic carbocycles. The third kappa shape index (κ3) is 6.96. The van der Waals surface area contributed by atoms with Crippen molar-refractivity contribution in [3.05, 3.63) is 69.8 Å². The summed E-state index contributed by atoms with van der Waals surface area (Å²) >= 11 is 1.19. The third-order valence-electron chi connectivity index (χ3n) is 7.12. The van der Waals surface area contributed by atoms with Gasteiger partial charge in [-0.2, -0.15) is 4.99 Å². The predicted molar refractivity (Wildman–Crippen MR) is 174 cm³/mol. The van der Waals surface area contributed by atoms with E-state index in [1.165, 1.54) is 17.5 Å². The van der Waals surface area contributed by atoms with Gasteiger partial charge < -0.3 is 35.3 Å². The number of carbonyl (C=O) groups is 4. The molecule has 0 radical (unpaired) electrons. The number of hydrogen-bond donors (Lipinski definition) is 3. The highest BCUT2D eigenvalue weighted by Crippen LogP contribution is 2.31. The van der Waals surface area contributed by atoms with Crippen molar-refractivity contribution in [2.75, 3.05) is 19.0 Å². The Labute approximate surface area is 272 Å². The molecule has 4 aromatic heterocycles. The van der Waals surface area contributed by atoms with Crippen LogP contribution in [0.4, 0.5) is 5.95 Å². The lowest BCUT2D eigenvalue weighted by Gasteiger charge is -2.12. The highest BCUT2D eigenvalue weighted by atomic mass is 32.1. The zero-order chi connectivity index (χ0) is 33.7. The smallest absolute Gasteiger partial charge is 0.317 e. The Bertz CT molecular complexity index is 2100. The number of amides is 3. The minimum atomic E-state index is -0.624. The number of benzene rings is 1. The molecule has 0 unspecified atom stereocenters. The first-order valence-electron chi connectivity index (χ1n) is 14.7. The van der Waals surface area contributed by atoms with E-state index >= 15 is 0 Å². The molecule has 16 heteroatoms. The van der Waals surface area contributed by atoms with Gasteiger partial charge in [-0.05, 0) is 31.0 Å². The van der Waals surface area contributed by atoms with Crippen LogP contribution in [0.2, 0.25) is 0 Å². The summed E-state index contributed by atoms with van der Waals surface area (Å²) in [5, 5.41) is 3.07. The van der Waals surface area contributed by atoms with Gasteiger partial charge in [-0.15, -0.1) is 0 Å². The molecule has 0 aliphatic rings. The Morgan fingerprint density at radius 3 is 2.51 bits per heavy atom. The largest absolute Gasteiger partial charge is 0.491 e. The molecule has 0 atom stereocenters. The van der Waals surface area contributed by atoms with Gasteiger partial charge in [0, 0.05) is 45.2 Å². The number of imidazole rings is 1. The van der Waals surface area contributed by atoms with Crippen molar-refractivity contribution in [3.63, 3.8) is 0 Å². The van der Waals surface area contributed by atoms with Gasteiger partial charge in [-0.3, -0.25) is 19.0 Å². The van der Waals surface area contributed by atoms with Gasteiger partial charge in [0.25, 0.3) is 0 Å². The maximum absolute atomic E-state index is 13.2. The Balaban J connectivity index is 1.51. The zero-order valence-electron chi connectivity index (χ0n) is 26.0. The monoisotopic (exact) mass is 659 g/mol. The number of nitrogens with one attached hydrogen (secondary N) is 1. The SMILES string of the molecule is CCc1nc(C)oc1C(=O)N=c1sc2cc(C(N)=O)cnc2n1C/C=C/Cn1c(NC)nc2cc(C(N)=O)cc(OCCCC=O)c21. The van der Waals surface area contributed by atoms with E-state index in [0.29, 0.717) is 75.3 Å². The number of aromatic nitrogens is 5. The van der Waals surface area contributed by atoms with E-state index in [0.717, 1.165) is 6.29 Å². The number of aryl methyl sites for hydroxylation is 2. The molecule has 4 heterocycles. The molecule has 47 heavy (non-hydrogen) atoms. The van der Waals surface area contributed by atoms with E-state index in [9.17, 15) is 19.2 Å². The number of fused-ring (bicyclic) bond motifs is 2. The van der Waals surface area contributed by atoms with Crippen LogP contribution in [0.15, 0.2) is 46.0 Å². The van der Waals surface area contributed by atoms with Crippen LogP contribution in [-0.2, 0) is 24.3 Å². The zero-order valence-corrected chi connectivity index (χ0v) is 26.8. The molecule has 1 aromatic carbocycles. The number of pyridine rings is 1. The molecule has 0 saturated carbocycles. The topological polar surface area (TPSA) is 216 Å². The van der Waals surface area contributed by atoms with Crippen molar-refractivity contribution >= 4 is 62.7 Å². The van der Waals surface area contributed by atoms with E-state index in [-0.39, 0.29) is 30.0 Å². The van der Waals surface area contributed by atoms with E-state index in [4.69, 9.17) is 20.6 Å². The normalized spacial score (nSPS) is 11.9. The minimum Gasteiger partial charge on any atom is -0.491 e. The number of rotatable bonds is 14. The fourth-order valence-electron chi connectivity index (χ4n) is 4.92. The average Bonchev–Trinajstić information content (AvgIpc) is 3.72. The number of anilines is 1. The number of carbonyl (C=O) groups excluding carboxylic acids is 4. The van der Waals surface area contributed by atoms with Gasteiger partial charge in [-0.25, -0.2) is 15.0 Å². The van der Waals surface area contributed by atoms with E-state index in [2.05, 4.69) is 25.3 Å². The molecular formula is C31H33N9O6S. The number of ether oxygens (including phenoxy) is 1. The van der Waals surface area contributed by atoms with Gasteiger partial charge in [-0.1, -0.05) is 30.4 Å². The molecule has 5 N–H and O–H groups in total. The molecule has 0 aliphatic heterocycles. The highest BCUT2D eigenvalue weighted by Gasteiger charge is 2.20. The fourth-order valence-corrected chi connectivity index (χ4v) is 5.95. The maximum Gasteiger partial charge on any atom is 0.317 e. The van der Waals surface area contributed by atoms with Crippen LogP contribution in [-0.4, -0.2) is 61.7 Å². The van der Waals surface area contributed by atoms with Crippen LogP contribution in [0.5, 0.6) is 5.75 Å². The van der Waals surface area contributed by atoms with Crippen LogP contribution in [0.3, 0.4) is 0 Å². The second kappa shape index (κ2) is 14.2. The van der Waals surface area contributed by atoms with Crippen molar-refractivity contribution in [2.45, 2.75) is 46.2 Å². The summed E-state index contributed by atoms with van der Waals surface area (Å²) in [6, 6.07) is 4.78. The van der Waals surface area contributed by atoms with Crippen molar-refractivity contribution < 1.29 is 28.3 Å². The van der Waals surface area contributed by atoms with Crippen LogP contribution in [0, 0.1) is 6.92 Å². The molecule has 15 nitrogen and oxygen atoms in total. The fraction of sp³-hybridized carbons (Fsp3) is 0.290. The second-order valence-electron chi connectivity index (χ2n) is 10.3. The van der Waals surface area contributed by atoms with Crippen LogP contribution < -0.4 is 26.3 Å². The number of oxazole rings is 1. The van der Waals surface area contributed by atoms with Crippen molar-refractivity contribution in [3.8, 4) is 5.75 Å². The number of aldehydes is 1. The Hall–Kier alpha value is -5.64. The number of nitrogens with zero attached hydrogens (tertiary/aromatic N) is 6. The number of thiazole rings is 1. The summed E-state index contributed by atoms with van der Waals surface area (Å²) < 4.78 is 15.8. The van der Waals surface area contributed by atoms with Gasteiger partial charge in [0.15, 0.2) is 16.3 Å². The second-order valence-corrected chi connectivity index (χ2v) is 11.3. The molecule has 0 bridgehead atoms. The lowest BCUT2D eigenvalue weighted by molar-refractivity contribution is -0.108. The number of nitrogens with two attached hydrogens (primary N) is 2. The van der Waals surface area contributed by atoms with E-state index in [1.54, 1.807) is 36.7 Å². The van der Waals surface area contributed by atoms with E-state index < -0.39 is 17.7 Å². The van der Waals surface area contributed by atoms with E-state index in [1.807, 2.05) is 23.6 Å². The summed E-state index contributed by atoms with van der Waals surface area (Å²) in [5.74, 6) is -0.451. The number of hydrogen-bond acceptors (Lipinski definition) is 11. The summed E-state index contributed by atoms with van der Waals surface area (Å²) in [6.45, 7) is 4.41. The Morgan fingerprint density at radius 2 is 1.83 bits per heavy atom. The molecular weight excluding hydrogens is 626 g/mol. The standard InChI is InChI=1S/C31H33N9O6S/c1-4-20-25(46-17(2)36-20)29(44)38-31-40(28-23(47-31)15-19(16-35-28)27(33)43)10-6-5-9-39-24-21(37-30(39)34-3)13-18(26(32)42)14-22(24)45-12-8-7-11-41/h5-6,11,13-16H,4,7-10,12H2,1-3H3,(H2,32,42)(H2,33,43)(H,34,37)/b6-5+,38-31?. The van der Waals surface area contributed by atoms with Crippen molar-refractivity contribution in [1.29, 1.82) is 0 Å². The molecule has 0 spiro atoms. The predicted octanol–water partition coefficient (Wildman–Crippen LogP) is 2.90. The quantitative estimate of drug-likeness (QED) is 0.0900. The number of allylic oxidation sites excluding steroid dienone is 2. The van der Waals surface area contributed by atoms with Gasteiger partial charge in [0.1, 0.15) is 17.6 Å². The van der Waals surface area contributed by atoms with Crippen molar-refractivity contribution in [2.24, 2.45) is 16.5 Å². The van der Waals surface area contributed by atoms with Crippen LogP contribution in [0.25, 0.3) is 21.4 Å². The van der Waals surface area contributed by atoms with Gasteiger partial charge in [0.05, 0.1) is 28.1 Å². The van der Waals surface area contributed by atoms with Crippen LogP contribution >= 0.6 is 11.3 Å².